The second-order valence-electron chi connectivity index (χ2n) is 3.84. The van der Waals surface area contributed by atoms with Crippen LogP contribution in [0.15, 0.2) is 23.2 Å². The molecule has 0 aliphatic rings. The molecule has 1 unspecified atom stereocenters. The third-order valence-corrected chi connectivity index (χ3v) is 3.95. The molecule has 0 bridgehead atoms. The van der Waals surface area contributed by atoms with Crippen LogP contribution in [0.4, 0.5) is 5.82 Å². The third kappa shape index (κ3) is 3.90. The van der Waals surface area contributed by atoms with Gasteiger partial charge in [-0.25, -0.2) is 13.4 Å². The van der Waals surface area contributed by atoms with E-state index in [4.69, 9.17) is 0 Å². The summed E-state index contributed by atoms with van der Waals surface area (Å²) in [6.07, 6.45) is 1.50. The van der Waals surface area contributed by atoms with E-state index >= 15 is 0 Å². The largest absolute Gasteiger partial charge is 0.369 e. The van der Waals surface area contributed by atoms with Crippen molar-refractivity contribution >= 4 is 21.7 Å². The molecule has 0 aromatic carbocycles. The summed E-state index contributed by atoms with van der Waals surface area (Å²) >= 11 is 0. The van der Waals surface area contributed by atoms with Gasteiger partial charge in [-0.05, 0) is 26.0 Å². The molecule has 106 valence electrons. The number of sulfonamides is 1. The van der Waals surface area contributed by atoms with Crippen molar-refractivity contribution in [3.63, 3.8) is 0 Å². The molecular formula is C11H18N4O3S. The molecule has 1 aromatic heterocycles. The molecule has 0 saturated carbocycles. The predicted octanol–water partition coefficient (Wildman–Crippen LogP) is -0.0738. The summed E-state index contributed by atoms with van der Waals surface area (Å²) in [5.41, 5.74) is 0. The average Bonchev–Trinajstić information content (AvgIpc) is 2.38. The Labute approximate surface area is 112 Å². The number of pyridine rings is 1. The highest BCUT2D eigenvalue weighted by Gasteiger charge is 2.24. The summed E-state index contributed by atoms with van der Waals surface area (Å²) in [7, 11) is -2.36. The summed E-state index contributed by atoms with van der Waals surface area (Å²) in [6, 6.07) is 2.11. The van der Waals surface area contributed by atoms with Crippen molar-refractivity contribution < 1.29 is 13.2 Å². The molecule has 7 nitrogen and oxygen atoms in total. The first-order valence-electron chi connectivity index (χ1n) is 5.85. The summed E-state index contributed by atoms with van der Waals surface area (Å²) < 4.78 is 26.7. The van der Waals surface area contributed by atoms with Gasteiger partial charge in [0.2, 0.25) is 15.9 Å². The van der Waals surface area contributed by atoms with E-state index in [0.29, 0.717) is 6.54 Å². The topological polar surface area (TPSA) is 100 Å². The van der Waals surface area contributed by atoms with E-state index in [0.717, 1.165) is 0 Å². The predicted molar refractivity (Wildman–Crippen MR) is 72.3 cm³/mol. The number of aromatic nitrogens is 1. The molecule has 0 fully saturated rings. The summed E-state index contributed by atoms with van der Waals surface area (Å²) in [6.45, 7) is 3.86. The molecular weight excluding hydrogens is 268 g/mol. The zero-order chi connectivity index (χ0) is 14.5. The summed E-state index contributed by atoms with van der Waals surface area (Å²) in [4.78, 5) is 15.4. The Kier molecular flexibility index (Phi) is 5.25. The van der Waals surface area contributed by atoms with Gasteiger partial charge in [-0.2, -0.15) is 4.72 Å². The third-order valence-electron chi connectivity index (χ3n) is 2.38. The van der Waals surface area contributed by atoms with Gasteiger partial charge in [0.05, 0.1) is 6.04 Å². The fraction of sp³-hybridized carbons (Fsp3) is 0.455. The van der Waals surface area contributed by atoms with Gasteiger partial charge in [0, 0.05) is 19.8 Å². The van der Waals surface area contributed by atoms with E-state index in [1.54, 1.807) is 0 Å². The quantitative estimate of drug-likeness (QED) is 0.679. The van der Waals surface area contributed by atoms with Crippen LogP contribution in [0.25, 0.3) is 0 Å². The Balaban J connectivity index is 3.04. The number of anilines is 1. The molecule has 19 heavy (non-hydrogen) atoms. The lowest BCUT2D eigenvalue weighted by molar-refractivity contribution is -0.121. The van der Waals surface area contributed by atoms with E-state index in [9.17, 15) is 13.2 Å². The van der Waals surface area contributed by atoms with E-state index in [-0.39, 0.29) is 10.7 Å². The number of nitrogens with zero attached hydrogens (tertiary/aromatic N) is 1. The van der Waals surface area contributed by atoms with Crippen molar-refractivity contribution in [2.24, 2.45) is 0 Å². The van der Waals surface area contributed by atoms with Crippen LogP contribution >= 0.6 is 0 Å². The Morgan fingerprint density at radius 3 is 2.74 bits per heavy atom. The Hall–Kier alpha value is -1.67. The molecule has 0 aliphatic carbocycles. The van der Waals surface area contributed by atoms with Crippen LogP contribution in [-0.4, -0.2) is 38.9 Å². The normalized spacial score (nSPS) is 12.8. The highest BCUT2D eigenvalue weighted by atomic mass is 32.2. The minimum absolute atomic E-state index is 0.0209. The Morgan fingerprint density at radius 1 is 1.47 bits per heavy atom. The van der Waals surface area contributed by atoms with Crippen molar-refractivity contribution in [3.05, 3.63) is 18.3 Å². The first kappa shape index (κ1) is 15.4. The van der Waals surface area contributed by atoms with E-state index < -0.39 is 22.0 Å². The van der Waals surface area contributed by atoms with Gasteiger partial charge >= 0.3 is 0 Å². The van der Waals surface area contributed by atoms with Crippen LogP contribution in [0, 0.1) is 0 Å². The number of rotatable bonds is 6. The highest BCUT2D eigenvalue weighted by Crippen LogP contribution is 2.17. The zero-order valence-corrected chi connectivity index (χ0v) is 11.9. The fourth-order valence-electron chi connectivity index (χ4n) is 1.47. The van der Waals surface area contributed by atoms with Crippen molar-refractivity contribution in [3.8, 4) is 0 Å². The summed E-state index contributed by atoms with van der Waals surface area (Å²) in [5.74, 6) is -0.140. The van der Waals surface area contributed by atoms with Crippen molar-refractivity contribution in [1.29, 1.82) is 0 Å². The minimum atomic E-state index is -3.80. The zero-order valence-electron chi connectivity index (χ0n) is 11.1. The number of carbonyl (C=O) groups is 1. The molecule has 0 radical (unpaired) electrons. The maximum absolute atomic E-state index is 12.2. The van der Waals surface area contributed by atoms with Crippen LogP contribution < -0.4 is 15.4 Å². The number of likely N-dealkylation sites (N-methyl/N-ethyl adjacent to an activating group) is 1. The smallest absolute Gasteiger partial charge is 0.244 e. The maximum atomic E-state index is 12.2. The number of nitrogens with one attached hydrogen (secondary N) is 3. The van der Waals surface area contributed by atoms with Gasteiger partial charge in [-0.15, -0.1) is 0 Å². The molecule has 1 aromatic rings. The standard InChI is InChI=1S/C11H18N4O3S/c1-4-13-10-9(6-5-7-14-10)19(17,18)15-8(2)11(16)12-3/h5-8,15H,4H2,1-3H3,(H,12,16)(H,13,14). The van der Waals surface area contributed by atoms with Gasteiger partial charge in [-0.3, -0.25) is 4.79 Å². The maximum Gasteiger partial charge on any atom is 0.244 e. The van der Waals surface area contributed by atoms with Crippen LogP contribution in [0.3, 0.4) is 0 Å². The first-order valence-corrected chi connectivity index (χ1v) is 7.33. The number of hydrogen-bond donors (Lipinski definition) is 3. The van der Waals surface area contributed by atoms with Crippen LogP contribution in [-0.2, 0) is 14.8 Å². The molecule has 1 rings (SSSR count). The van der Waals surface area contributed by atoms with Crippen molar-refractivity contribution in [2.45, 2.75) is 24.8 Å². The highest BCUT2D eigenvalue weighted by molar-refractivity contribution is 7.89. The van der Waals surface area contributed by atoms with E-state index in [1.165, 1.54) is 32.3 Å². The SMILES string of the molecule is CCNc1ncccc1S(=O)(=O)NC(C)C(=O)NC. The van der Waals surface area contributed by atoms with Gasteiger partial charge in [0.1, 0.15) is 10.7 Å². The number of amides is 1. The molecule has 3 N–H and O–H groups in total. The van der Waals surface area contributed by atoms with Crippen molar-refractivity contribution in [2.75, 3.05) is 18.9 Å². The molecule has 1 amide bonds. The van der Waals surface area contributed by atoms with Crippen molar-refractivity contribution in [1.82, 2.24) is 15.0 Å². The molecule has 1 heterocycles. The van der Waals surface area contributed by atoms with E-state index in [2.05, 4.69) is 20.3 Å². The fourth-order valence-corrected chi connectivity index (χ4v) is 2.81. The van der Waals surface area contributed by atoms with Gasteiger partial charge < -0.3 is 10.6 Å². The molecule has 0 spiro atoms. The van der Waals surface area contributed by atoms with Gasteiger partial charge in [-0.1, -0.05) is 0 Å². The summed E-state index contributed by atoms with van der Waals surface area (Å²) in [5, 5.41) is 5.25. The lowest BCUT2D eigenvalue weighted by atomic mass is 10.3. The van der Waals surface area contributed by atoms with Crippen LogP contribution in [0.1, 0.15) is 13.8 Å². The van der Waals surface area contributed by atoms with Gasteiger partial charge in [0.25, 0.3) is 0 Å². The van der Waals surface area contributed by atoms with Crippen LogP contribution in [0.5, 0.6) is 0 Å². The number of hydrogen-bond acceptors (Lipinski definition) is 5. The second-order valence-corrected chi connectivity index (χ2v) is 5.52. The first-order chi connectivity index (χ1) is 8.92. The molecule has 1 atom stereocenters. The lowest BCUT2D eigenvalue weighted by Crippen LogP contribution is -2.43. The molecule has 0 saturated heterocycles. The second kappa shape index (κ2) is 6.48. The van der Waals surface area contributed by atoms with Gasteiger partial charge in [0.15, 0.2) is 0 Å². The monoisotopic (exact) mass is 286 g/mol. The molecule has 0 aliphatic heterocycles. The molecule has 8 heteroatoms. The average molecular weight is 286 g/mol. The Morgan fingerprint density at radius 2 is 2.16 bits per heavy atom. The van der Waals surface area contributed by atoms with E-state index in [1.807, 2.05) is 6.92 Å². The Bertz CT molecular complexity index is 545. The van der Waals surface area contributed by atoms with Crippen LogP contribution in [0.2, 0.25) is 0 Å². The number of carbonyl (C=O) groups excluding carboxylic acids is 1. The lowest BCUT2D eigenvalue weighted by Gasteiger charge is -2.14. The minimum Gasteiger partial charge on any atom is -0.369 e.